The number of alkyl halides is 2. The molecule has 5 aromatic rings. The van der Waals surface area contributed by atoms with Gasteiger partial charge in [-0.15, -0.1) is 0 Å². The van der Waals surface area contributed by atoms with Crippen LogP contribution in [0, 0.1) is 0 Å². The highest BCUT2D eigenvalue weighted by atomic mass is 19.3. The number of benzene rings is 1. The van der Waals surface area contributed by atoms with E-state index in [0.717, 1.165) is 16.8 Å². The van der Waals surface area contributed by atoms with Crippen LogP contribution >= 0.6 is 0 Å². The second kappa shape index (κ2) is 7.88. The number of hydrogen-bond acceptors (Lipinski definition) is 6. The smallest absolute Gasteiger partial charge is 0.389 e. The van der Waals surface area contributed by atoms with Gasteiger partial charge in [-0.2, -0.15) is 24.0 Å². The first-order valence-electron chi connectivity index (χ1n) is 9.86. The van der Waals surface area contributed by atoms with Gasteiger partial charge in [0.25, 0.3) is 0 Å². The van der Waals surface area contributed by atoms with E-state index in [9.17, 15) is 8.78 Å². The Kier molecular flexibility index (Phi) is 4.89. The van der Waals surface area contributed by atoms with E-state index in [1.807, 2.05) is 41.8 Å². The zero-order chi connectivity index (χ0) is 22.2. The van der Waals surface area contributed by atoms with E-state index in [0.29, 0.717) is 34.5 Å². The van der Waals surface area contributed by atoms with Gasteiger partial charge in [0.15, 0.2) is 0 Å². The van der Waals surface area contributed by atoms with Crippen LogP contribution in [-0.4, -0.2) is 42.9 Å². The number of aryl methyl sites for hydroxylation is 1. The number of aromatic nitrogens is 6. The molecule has 1 aromatic carbocycles. The minimum atomic E-state index is -2.97. The average molecular weight is 436 g/mol. The lowest BCUT2D eigenvalue weighted by molar-refractivity contribution is -0.0578. The van der Waals surface area contributed by atoms with Crippen LogP contribution in [0.3, 0.4) is 0 Å². The molecule has 0 saturated carbocycles. The van der Waals surface area contributed by atoms with Crippen LogP contribution in [0.25, 0.3) is 39.1 Å². The molecule has 32 heavy (non-hydrogen) atoms. The van der Waals surface area contributed by atoms with Crippen LogP contribution in [0.2, 0.25) is 0 Å². The molecular weight excluding hydrogens is 418 g/mol. The minimum Gasteiger partial charge on any atom is -0.497 e. The summed E-state index contributed by atoms with van der Waals surface area (Å²) in [4.78, 5) is 8.92. The van der Waals surface area contributed by atoms with Gasteiger partial charge in [-0.05, 0) is 36.8 Å². The summed E-state index contributed by atoms with van der Waals surface area (Å²) < 4.78 is 39.5. The molecule has 0 N–H and O–H groups in total. The van der Waals surface area contributed by atoms with Crippen LogP contribution in [-0.2, 0) is 6.54 Å². The number of halogens is 2. The second-order valence-corrected chi connectivity index (χ2v) is 6.98. The molecule has 0 unspecified atom stereocenters. The van der Waals surface area contributed by atoms with Crippen LogP contribution in [0.1, 0.15) is 6.92 Å². The number of ether oxygens (including phenoxy) is 2. The molecule has 0 aliphatic heterocycles. The fraction of sp³-hybridized carbons (Fsp3) is 0.182. The number of pyridine rings is 1. The monoisotopic (exact) mass is 436 g/mol. The van der Waals surface area contributed by atoms with E-state index in [1.54, 1.807) is 36.3 Å². The molecule has 4 heterocycles. The van der Waals surface area contributed by atoms with Gasteiger partial charge in [-0.1, -0.05) is 0 Å². The predicted octanol–water partition coefficient (Wildman–Crippen LogP) is 4.44. The molecule has 0 amide bonds. The van der Waals surface area contributed by atoms with Gasteiger partial charge < -0.3 is 9.47 Å². The summed E-state index contributed by atoms with van der Waals surface area (Å²) in [5.74, 6) is 0.570. The lowest BCUT2D eigenvalue weighted by Crippen LogP contribution is -2.07. The Hall–Kier alpha value is -4.08. The van der Waals surface area contributed by atoms with E-state index in [-0.39, 0.29) is 6.01 Å². The Morgan fingerprint density at radius 2 is 1.94 bits per heavy atom. The second-order valence-electron chi connectivity index (χ2n) is 6.98. The summed E-state index contributed by atoms with van der Waals surface area (Å²) in [6.07, 6.45) is 6.93. The minimum absolute atomic E-state index is 0.145. The van der Waals surface area contributed by atoms with Crippen LogP contribution in [0.15, 0.2) is 55.1 Å². The van der Waals surface area contributed by atoms with Gasteiger partial charge >= 0.3 is 12.6 Å². The number of methoxy groups -OCH3 is 1. The molecule has 0 atom stereocenters. The standard InChI is InChI=1S/C22H18F2N6O2/c1-3-29-17-10-15(31-2)9-16(20(17)28-22(29)32-21(23)24)18-12-25-19-8-13(5-7-30(18)19)14-4-6-26-27-11-14/h4-12,21H,3H2,1-2H3. The lowest BCUT2D eigenvalue weighted by Gasteiger charge is -2.09. The molecule has 4 aromatic heterocycles. The highest BCUT2D eigenvalue weighted by molar-refractivity contribution is 5.94. The fourth-order valence-corrected chi connectivity index (χ4v) is 3.78. The Morgan fingerprint density at radius 3 is 2.66 bits per heavy atom. The van der Waals surface area contributed by atoms with Crippen molar-refractivity contribution in [3.63, 3.8) is 0 Å². The Labute approximate surface area is 181 Å². The zero-order valence-electron chi connectivity index (χ0n) is 17.2. The molecule has 0 aliphatic carbocycles. The summed E-state index contributed by atoms with van der Waals surface area (Å²) >= 11 is 0. The van der Waals surface area contributed by atoms with Crippen molar-refractivity contribution >= 4 is 16.7 Å². The molecular formula is C22H18F2N6O2. The Bertz CT molecular complexity index is 1410. The third kappa shape index (κ3) is 3.29. The van der Waals surface area contributed by atoms with Gasteiger partial charge in [0.05, 0.1) is 36.9 Å². The van der Waals surface area contributed by atoms with E-state index < -0.39 is 6.61 Å². The number of nitrogens with zero attached hydrogens (tertiary/aromatic N) is 6. The molecule has 0 aliphatic rings. The topological polar surface area (TPSA) is 79.4 Å². The van der Waals surface area contributed by atoms with Gasteiger partial charge in [0, 0.05) is 29.9 Å². The Balaban J connectivity index is 1.71. The van der Waals surface area contributed by atoms with Crippen molar-refractivity contribution < 1.29 is 18.3 Å². The van der Waals surface area contributed by atoms with Crippen molar-refractivity contribution in [1.82, 2.24) is 29.1 Å². The molecule has 0 saturated heterocycles. The van der Waals surface area contributed by atoms with Crippen molar-refractivity contribution in [3.05, 3.63) is 55.1 Å². The van der Waals surface area contributed by atoms with E-state index >= 15 is 0 Å². The molecule has 0 fully saturated rings. The van der Waals surface area contributed by atoms with Crippen LogP contribution < -0.4 is 9.47 Å². The molecule has 5 rings (SSSR count). The van der Waals surface area contributed by atoms with Gasteiger partial charge in [0.2, 0.25) is 0 Å². The van der Waals surface area contributed by atoms with E-state index in [1.165, 1.54) is 0 Å². The highest BCUT2D eigenvalue weighted by Crippen LogP contribution is 2.36. The first-order valence-corrected chi connectivity index (χ1v) is 9.86. The van der Waals surface area contributed by atoms with Crippen LogP contribution in [0.5, 0.6) is 11.8 Å². The van der Waals surface area contributed by atoms with Crippen LogP contribution in [0.4, 0.5) is 8.78 Å². The molecule has 0 spiro atoms. The number of rotatable bonds is 6. The largest absolute Gasteiger partial charge is 0.497 e. The van der Waals surface area contributed by atoms with Crippen molar-refractivity contribution in [1.29, 1.82) is 0 Å². The summed E-state index contributed by atoms with van der Waals surface area (Å²) in [7, 11) is 1.55. The highest BCUT2D eigenvalue weighted by Gasteiger charge is 2.21. The molecule has 0 bridgehead atoms. The average Bonchev–Trinajstić information content (AvgIpc) is 3.38. The third-order valence-electron chi connectivity index (χ3n) is 5.25. The molecule has 10 heteroatoms. The van der Waals surface area contributed by atoms with E-state index in [4.69, 9.17) is 4.74 Å². The molecule has 8 nitrogen and oxygen atoms in total. The molecule has 162 valence electrons. The summed E-state index contributed by atoms with van der Waals surface area (Å²) in [5, 5.41) is 7.73. The van der Waals surface area contributed by atoms with Gasteiger partial charge in [-0.3, -0.25) is 8.97 Å². The summed E-state index contributed by atoms with van der Waals surface area (Å²) in [6, 6.07) is 9.18. The predicted molar refractivity (Wildman–Crippen MR) is 114 cm³/mol. The van der Waals surface area contributed by atoms with Crippen molar-refractivity contribution in [2.75, 3.05) is 7.11 Å². The number of fused-ring (bicyclic) bond motifs is 2. The summed E-state index contributed by atoms with van der Waals surface area (Å²) in [5.41, 5.74) is 5.17. The normalized spacial score (nSPS) is 11.5. The van der Waals surface area contributed by atoms with Gasteiger partial charge in [0.1, 0.15) is 16.9 Å². The lowest BCUT2D eigenvalue weighted by atomic mass is 10.1. The Morgan fingerprint density at radius 1 is 1.06 bits per heavy atom. The number of hydrogen-bond donors (Lipinski definition) is 0. The van der Waals surface area contributed by atoms with Crippen molar-refractivity contribution in [2.24, 2.45) is 0 Å². The third-order valence-corrected chi connectivity index (χ3v) is 5.25. The van der Waals surface area contributed by atoms with Crippen molar-refractivity contribution in [3.8, 4) is 34.1 Å². The quantitative estimate of drug-likeness (QED) is 0.392. The fourth-order valence-electron chi connectivity index (χ4n) is 3.78. The maximum atomic E-state index is 12.9. The SMILES string of the molecule is CCn1c(OC(F)F)nc2c(-c3cnc4cc(-c5ccnnc5)ccn34)cc(OC)cc21. The molecule has 0 radical (unpaired) electrons. The number of imidazole rings is 2. The van der Waals surface area contributed by atoms with Gasteiger partial charge in [-0.25, -0.2) is 4.98 Å². The maximum absolute atomic E-state index is 12.9. The van der Waals surface area contributed by atoms with Crippen molar-refractivity contribution in [2.45, 2.75) is 20.1 Å². The maximum Gasteiger partial charge on any atom is 0.389 e. The first kappa shape index (κ1) is 19.9. The first-order chi connectivity index (χ1) is 15.6. The summed E-state index contributed by atoms with van der Waals surface area (Å²) in [6.45, 7) is -0.733. The zero-order valence-corrected chi connectivity index (χ0v) is 17.2. The van der Waals surface area contributed by atoms with E-state index in [2.05, 4.69) is 24.9 Å².